The van der Waals surface area contributed by atoms with E-state index in [1.165, 1.54) is 4.90 Å². The zero-order valence-electron chi connectivity index (χ0n) is 19.9. The minimum absolute atomic E-state index is 0.0796. The molecule has 1 saturated heterocycles. The first-order valence-corrected chi connectivity index (χ1v) is 11.2. The van der Waals surface area contributed by atoms with E-state index in [1.807, 2.05) is 64.0 Å². The Hall–Kier alpha value is -3.32. The van der Waals surface area contributed by atoms with Gasteiger partial charge in [0.2, 0.25) is 0 Å². The smallest absolute Gasteiger partial charge is 0.295 e. The number of rotatable bonds is 9. The molecule has 7 nitrogen and oxygen atoms in total. The lowest BCUT2D eigenvalue weighted by atomic mass is 9.94. The van der Waals surface area contributed by atoms with Crippen LogP contribution in [0.3, 0.4) is 0 Å². The van der Waals surface area contributed by atoms with Crippen LogP contribution >= 0.6 is 0 Å². The first-order valence-electron chi connectivity index (χ1n) is 11.2. The summed E-state index contributed by atoms with van der Waals surface area (Å²) in [6.07, 6.45) is 0. The van der Waals surface area contributed by atoms with E-state index in [0.29, 0.717) is 48.9 Å². The molecule has 176 valence electrons. The molecule has 1 heterocycles. The van der Waals surface area contributed by atoms with E-state index in [1.54, 1.807) is 18.2 Å². The molecular weight excluding hydrogens is 420 g/mol. The molecular formula is C26H32N2O5. The van der Waals surface area contributed by atoms with Gasteiger partial charge in [0.05, 0.1) is 24.8 Å². The maximum absolute atomic E-state index is 13.1. The van der Waals surface area contributed by atoms with Crippen molar-refractivity contribution in [3.05, 3.63) is 64.7 Å². The number of aliphatic hydroxyl groups excluding tert-OH is 1. The topological polar surface area (TPSA) is 79.3 Å². The molecule has 0 bridgehead atoms. The lowest BCUT2D eigenvalue weighted by Crippen LogP contribution is -2.35. The number of likely N-dealkylation sites (tertiary alicyclic amines) is 1. The maximum atomic E-state index is 13.1. The quantitative estimate of drug-likeness (QED) is 0.354. The predicted molar refractivity (Wildman–Crippen MR) is 128 cm³/mol. The second kappa shape index (κ2) is 10.5. The number of aryl methyl sites for hydroxylation is 1. The second-order valence-electron chi connectivity index (χ2n) is 8.21. The van der Waals surface area contributed by atoms with Gasteiger partial charge in [-0.2, -0.15) is 0 Å². The number of likely N-dealkylation sites (N-methyl/N-ethyl adjacent to an activating group) is 1. The first kappa shape index (κ1) is 24.3. The van der Waals surface area contributed by atoms with E-state index < -0.39 is 17.7 Å². The van der Waals surface area contributed by atoms with Crippen molar-refractivity contribution in [1.29, 1.82) is 0 Å². The van der Waals surface area contributed by atoms with Crippen LogP contribution in [0.5, 0.6) is 11.5 Å². The normalized spacial score (nSPS) is 17.6. The highest BCUT2D eigenvalue weighted by Crippen LogP contribution is 2.40. The van der Waals surface area contributed by atoms with Crippen molar-refractivity contribution in [1.82, 2.24) is 9.80 Å². The van der Waals surface area contributed by atoms with E-state index in [4.69, 9.17) is 9.47 Å². The molecule has 0 aromatic heterocycles. The third kappa shape index (κ3) is 5.20. The molecule has 1 fully saturated rings. The number of amides is 1. The Bertz CT molecular complexity index is 1060. The van der Waals surface area contributed by atoms with Gasteiger partial charge in [-0.15, -0.1) is 0 Å². The summed E-state index contributed by atoms with van der Waals surface area (Å²) in [4.78, 5) is 29.6. The molecule has 1 unspecified atom stereocenters. The summed E-state index contributed by atoms with van der Waals surface area (Å²) in [6.45, 7) is 7.62. The monoisotopic (exact) mass is 452 g/mol. The highest BCUT2D eigenvalue weighted by atomic mass is 16.5. The van der Waals surface area contributed by atoms with Crippen LogP contribution in [-0.2, 0) is 9.59 Å². The summed E-state index contributed by atoms with van der Waals surface area (Å²) in [5.74, 6) is -0.150. The zero-order chi connectivity index (χ0) is 24.1. The minimum atomic E-state index is -0.711. The van der Waals surface area contributed by atoms with Crippen molar-refractivity contribution < 1.29 is 24.2 Å². The van der Waals surface area contributed by atoms with Crippen LogP contribution in [0.25, 0.3) is 5.76 Å². The molecule has 0 saturated carbocycles. The number of hydrogen-bond acceptors (Lipinski definition) is 6. The average molecular weight is 453 g/mol. The van der Waals surface area contributed by atoms with Crippen molar-refractivity contribution in [2.24, 2.45) is 0 Å². The summed E-state index contributed by atoms with van der Waals surface area (Å²) >= 11 is 0. The number of benzene rings is 2. The number of carbonyl (C=O) groups excluding carboxylic acids is 2. The summed E-state index contributed by atoms with van der Waals surface area (Å²) < 4.78 is 11.2. The molecule has 0 radical (unpaired) electrons. The Morgan fingerprint density at radius 3 is 2.42 bits per heavy atom. The molecule has 2 aromatic carbocycles. The minimum Gasteiger partial charge on any atom is -0.507 e. The molecule has 0 aliphatic carbocycles. The van der Waals surface area contributed by atoms with Crippen molar-refractivity contribution in [2.45, 2.75) is 26.8 Å². The van der Waals surface area contributed by atoms with Crippen LogP contribution in [0, 0.1) is 6.92 Å². The fraction of sp³-hybridized carbons (Fsp3) is 0.385. The van der Waals surface area contributed by atoms with E-state index in [-0.39, 0.29) is 11.3 Å². The number of ether oxygens (including phenoxy) is 2. The van der Waals surface area contributed by atoms with Crippen LogP contribution in [0.1, 0.15) is 36.6 Å². The number of ketones is 1. The maximum Gasteiger partial charge on any atom is 0.295 e. The summed E-state index contributed by atoms with van der Waals surface area (Å²) in [6, 6.07) is 11.8. The van der Waals surface area contributed by atoms with Crippen LogP contribution in [0.4, 0.5) is 0 Å². The number of Topliss-reactive ketones (excluding diaryl/α,β-unsaturated/α-hetero) is 1. The number of hydrogen-bond donors (Lipinski definition) is 1. The molecule has 2 aromatic rings. The highest BCUT2D eigenvalue weighted by molar-refractivity contribution is 6.46. The Labute approximate surface area is 195 Å². The molecule has 0 spiro atoms. The number of nitrogens with zero attached hydrogens (tertiary/aromatic N) is 2. The average Bonchev–Trinajstić information content (AvgIpc) is 3.04. The standard InChI is InChI=1S/C26H32N2O5/c1-6-32-20-10-8-9-18(16-20)23-22(25(30)26(31)28(23)14-13-27(4)5)24(29)19-11-12-21(33-7-2)17(3)15-19/h8-12,15-16,23,29H,6-7,13-14H2,1-5H3/b24-22+. The molecule has 1 atom stereocenters. The van der Waals surface area contributed by atoms with Gasteiger partial charge in [-0.1, -0.05) is 12.1 Å². The van der Waals surface area contributed by atoms with Gasteiger partial charge in [0, 0.05) is 18.7 Å². The fourth-order valence-corrected chi connectivity index (χ4v) is 3.98. The van der Waals surface area contributed by atoms with Gasteiger partial charge >= 0.3 is 0 Å². The van der Waals surface area contributed by atoms with Crippen LogP contribution < -0.4 is 9.47 Å². The molecule has 1 aliphatic rings. The summed E-state index contributed by atoms with van der Waals surface area (Å²) in [5.41, 5.74) is 2.09. The van der Waals surface area contributed by atoms with Gasteiger partial charge in [0.1, 0.15) is 17.3 Å². The van der Waals surface area contributed by atoms with Gasteiger partial charge < -0.3 is 24.4 Å². The highest BCUT2D eigenvalue weighted by Gasteiger charge is 2.46. The van der Waals surface area contributed by atoms with Crippen LogP contribution in [0.15, 0.2) is 48.0 Å². The van der Waals surface area contributed by atoms with E-state index in [9.17, 15) is 14.7 Å². The van der Waals surface area contributed by atoms with Gasteiger partial charge in [-0.3, -0.25) is 9.59 Å². The van der Waals surface area contributed by atoms with Gasteiger partial charge in [-0.05, 0) is 76.3 Å². The molecule has 7 heteroatoms. The first-order chi connectivity index (χ1) is 15.8. The molecule has 3 rings (SSSR count). The third-order valence-corrected chi connectivity index (χ3v) is 5.56. The SMILES string of the molecule is CCOc1cccc(C2/C(=C(\O)c3ccc(OCC)c(C)c3)C(=O)C(=O)N2CCN(C)C)c1. The van der Waals surface area contributed by atoms with Crippen LogP contribution in [-0.4, -0.2) is 67.0 Å². The Morgan fingerprint density at radius 1 is 1.06 bits per heavy atom. The van der Waals surface area contributed by atoms with Crippen LogP contribution in [0.2, 0.25) is 0 Å². The fourth-order valence-electron chi connectivity index (χ4n) is 3.98. The van der Waals surface area contributed by atoms with Gasteiger partial charge in [0.25, 0.3) is 11.7 Å². The number of aliphatic hydroxyl groups is 1. The summed E-state index contributed by atoms with van der Waals surface area (Å²) in [5, 5.41) is 11.3. The Kier molecular flexibility index (Phi) is 7.76. The van der Waals surface area contributed by atoms with Gasteiger partial charge in [-0.25, -0.2) is 0 Å². The van der Waals surface area contributed by atoms with Crippen molar-refractivity contribution >= 4 is 17.4 Å². The van der Waals surface area contributed by atoms with E-state index in [0.717, 1.165) is 5.56 Å². The lowest BCUT2D eigenvalue weighted by Gasteiger charge is -2.27. The van der Waals surface area contributed by atoms with E-state index in [2.05, 4.69) is 0 Å². The number of carbonyl (C=O) groups is 2. The van der Waals surface area contributed by atoms with Crippen molar-refractivity contribution in [3.63, 3.8) is 0 Å². The Balaban J connectivity index is 2.14. The molecule has 33 heavy (non-hydrogen) atoms. The predicted octanol–water partition coefficient (Wildman–Crippen LogP) is 3.78. The molecule has 1 N–H and O–H groups in total. The lowest BCUT2D eigenvalue weighted by molar-refractivity contribution is -0.140. The van der Waals surface area contributed by atoms with E-state index >= 15 is 0 Å². The summed E-state index contributed by atoms with van der Waals surface area (Å²) in [7, 11) is 3.81. The van der Waals surface area contributed by atoms with Crippen molar-refractivity contribution in [3.8, 4) is 11.5 Å². The molecule has 1 aliphatic heterocycles. The molecule has 1 amide bonds. The third-order valence-electron chi connectivity index (χ3n) is 5.56. The van der Waals surface area contributed by atoms with Gasteiger partial charge in [0.15, 0.2) is 0 Å². The van der Waals surface area contributed by atoms with Crippen molar-refractivity contribution in [2.75, 3.05) is 40.4 Å². The second-order valence-corrected chi connectivity index (χ2v) is 8.21. The largest absolute Gasteiger partial charge is 0.507 e. The zero-order valence-corrected chi connectivity index (χ0v) is 19.9. The Morgan fingerprint density at radius 2 is 1.79 bits per heavy atom.